The zero-order valence-corrected chi connectivity index (χ0v) is 16.7. The minimum Gasteiger partial charge on any atom is -0.497 e. The van der Waals surface area contributed by atoms with E-state index in [1.54, 1.807) is 7.11 Å². The number of hydrogen-bond acceptors (Lipinski definition) is 4. The van der Waals surface area contributed by atoms with Crippen LogP contribution in [-0.4, -0.2) is 68.8 Å². The Morgan fingerprint density at radius 1 is 0.964 bits per heavy atom. The van der Waals surface area contributed by atoms with Crippen LogP contribution in [0.1, 0.15) is 22.3 Å². The summed E-state index contributed by atoms with van der Waals surface area (Å²) in [6.07, 6.45) is 1.99. The molecule has 0 aliphatic carbocycles. The molecular formula is C23H30N2O3. The maximum atomic E-state index is 12.7. The molecule has 3 rings (SSSR count). The van der Waals surface area contributed by atoms with Gasteiger partial charge < -0.3 is 14.4 Å². The summed E-state index contributed by atoms with van der Waals surface area (Å²) in [5.74, 6) is 0.805. The van der Waals surface area contributed by atoms with Gasteiger partial charge in [0, 0.05) is 44.9 Å². The molecule has 0 unspecified atom stereocenters. The van der Waals surface area contributed by atoms with E-state index in [9.17, 15) is 4.79 Å². The Bertz CT molecular complexity index is 728. The quantitative estimate of drug-likeness (QED) is 0.625. The van der Waals surface area contributed by atoms with Crippen molar-refractivity contribution in [2.24, 2.45) is 0 Å². The highest BCUT2D eigenvalue weighted by Crippen LogP contribution is 2.15. The van der Waals surface area contributed by atoms with Crippen LogP contribution in [0.15, 0.2) is 54.6 Å². The molecule has 5 heteroatoms. The molecule has 0 N–H and O–H groups in total. The topological polar surface area (TPSA) is 42.0 Å². The summed E-state index contributed by atoms with van der Waals surface area (Å²) >= 11 is 0. The van der Waals surface area contributed by atoms with Crippen LogP contribution in [0.3, 0.4) is 0 Å². The second-order valence-corrected chi connectivity index (χ2v) is 7.07. The highest BCUT2D eigenvalue weighted by Gasteiger charge is 2.22. The number of carbonyl (C=O) groups excluding carboxylic acids is 1. The number of benzene rings is 2. The zero-order chi connectivity index (χ0) is 19.6. The van der Waals surface area contributed by atoms with Crippen LogP contribution in [0.2, 0.25) is 0 Å². The predicted molar refractivity (Wildman–Crippen MR) is 111 cm³/mol. The van der Waals surface area contributed by atoms with Crippen molar-refractivity contribution in [2.75, 3.05) is 53.0 Å². The third kappa shape index (κ3) is 6.08. The Morgan fingerprint density at radius 3 is 2.50 bits per heavy atom. The van der Waals surface area contributed by atoms with Crippen molar-refractivity contribution < 1.29 is 14.3 Å². The molecule has 1 fully saturated rings. The largest absolute Gasteiger partial charge is 0.497 e. The van der Waals surface area contributed by atoms with Gasteiger partial charge in [0.25, 0.3) is 5.91 Å². The van der Waals surface area contributed by atoms with E-state index in [1.165, 1.54) is 5.56 Å². The van der Waals surface area contributed by atoms with Gasteiger partial charge in [-0.15, -0.1) is 0 Å². The molecule has 28 heavy (non-hydrogen) atoms. The van der Waals surface area contributed by atoms with Gasteiger partial charge in [-0.3, -0.25) is 9.69 Å². The van der Waals surface area contributed by atoms with E-state index in [-0.39, 0.29) is 5.91 Å². The van der Waals surface area contributed by atoms with E-state index in [0.717, 1.165) is 64.5 Å². The predicted octanol–water partition coefficient (Wildman–Crippen LogP) is 3.10. The van der Waals surface area contributed by atoms with Crippen LogP contribution in [0, 0.1) is 0 Å². The van der Waals surface area contributed by atoms with Crippen LogP contribution in [0.5, 0.6) is 5.75 Å². The Balaban J connectivity index is 1.30. The number of piperazine rings is 1. The summed E-state index contributed by atoms with van der Waals surface area (Å²) in [6.45, 7) is 5.95. The van der Waals surface area contributed by atoms with Crippen LogP contribution in [-0.2, 0) is 11.2 Å². The zero-order valence-electron chi connectivity index (χ0n) is 16.7. The molecule has 0 radical (unpaired) electrons. The summed E-state index contributed by atoms with van der Waals surface area (Å²) in [5.41, 5.74) is 2.01. The van der Waals surface area contributed by atoms with E-state index in [0.29, 0.717) is 5.56 Å². The lowest BCUT2D eigenvalue weighted by Gasteiger charge is -2.34. The smallest absolute Gasteiger partial charge is 0.254 e. The molecule has 1 heterocycles. The molecule has 1 saturated heterocycles. The van der Waals surface area contributed by atoms with Gasteiger partial charge in [-0.1, -0.05) is 36.4 Å². The van der Waals surface area contributed by atoms with Crippen LogP contribution in [0.25, 0.3) is 0 Å². The van der Waals surface area contributed by atoms with Crippen molar-refractivity contribution >= 4 is 5.91 Å². The highest BCUT2D eigenvalue weighted by atomic mass is 16.5. The van der Waals surface area contributed by atoms with E-state index in [4.69, 9.17) is 9.47 Å². The summed E-state index contributed by atoms with van der Waals surface area (Å²) in [6, 6.07) is 17.8. The lowest BCUT2D eigenvalue weighted by molar-refractivity contribution is 0.0613. The highest BCUT2D eigenvalue weighted by molar-refractivity contribution is 5.94. The fourth-order valence-electron chi connectivity index (χ4n) is 3.44. The van der Waals surface area contributed by atoms with E-state index < -0.39 is 0 Å². The lowest BCUT2D eigenvalue weighted by Crippen LogP contribution is -2.48. The average molecular weight is 383 g/mol. The lowest BCUT2D eigenvalue weighted by atomic mass is 10.1. The molecule has 150 valence electrons. The van der Waals surface area contributed by atoms with E-state index in [2.05, 4.69) is 29.2 Å². The molecule has 1 aliphatic heterocycles. The number of amides is 1. The molecular weight excluding hydrogens is 352 g/mol. The summed E-state index contributed by atoms with van der Waals surface area (Å²) < 4.78 is 11.0. The standard InChI is InChI=1S/C23H30N2O3/c1-27-22-10-5-9-21(19-22)23(26)25-15-13-24(14-16-25)12-6-17-28-18-11-20-7-3-2-4-8-20/h2-5,7-10,19H,6,11-18H2,1H3. The Hall–Kier alpha value is -2.37. The van der Waals surface area contributed by atoms with Crippen molar-refractivity contribution in [1.82, 2.24) is 9.80 Å². The first-order chi connectivity index (χ1) is 13.8. The summed E-state index contributed by atoms with van der Waals surface area (Å²) in [5, 5.41) is 0. The molecule has 0 atom stereocenters. The maximum Gasteiger partial charge on any atom is 0.254 e. The van der Waals surface area contributed by atoms with Gasteiger partial charge in [0.15, 0.2) is 0 Å². The van der Waals surface area contributed by atoms with Crippen molar-refractivity contribution in [1.29, 1.82) is 0 Å². The minimum atomic E-state index is 0.0859. The monoisotopic (exact) mass is 382 g/mol. The first-order valence-corrected chi connectivity index (χ1v) is 10.0. The molecule has 0 spiro atoms. The number of hydrogen-bond donors (Lipinski definition) is 0. The second kappa shape index (κ2) is 10.8. The number of nitrogens with zero attached hydrogens (tertiary/aromatic N) is 2. The van der Waals surface area contributed by atoms with Gasteiger partial charge in [-0.25, -0.2) is 0 Å². The molecule has 1 aliphatic rings. The number of rotatable bonds is 9. The first-order valence-electron chi connectivity index (χ1n) is 10.0. The van der Waals surface area contributed by atoms with Gasteiger partial charge in [-0.05, 0) is 36.6 Å². The summed E-state index contributed by atoms with van der Waals surface area (Å²) in [4.78, 5) is 17.0. The van der Waals surface area contributed by atoms with E-state index in [1.807, 2.05) is 35.2 Å². The van der Waals surface area contributed by atoms with Gasteiger partial charge >= 0.3 is 0 Å². The van der Waals surface area contributed by atoms with Crippen molar-refractivity contribution in [3.63, 3.8) is 0 Å². The van der Waals surface area contributed by atoms with Gasteiger partial charge in [0.05, 0.1) is 13.7 Å². The fraction of sp³-hybridized carbons (Fsp3) is 0.435. The van der Waals surface area contributed by atoms with Crippen LogP contribution >= 0.6 is 0 Å². The third-order valence-electron chi connectivity index (χ3n) is 5.12. The molecule has 0 aromatic heterocycles. The Labute approximate surface area is 167 Å². The van der Waals surface area contributed by atoms with Crippen molar-refractivity contribution in [3.8, 4) is 5.75 Å². The third-order valence-corrected chi connectivity index (χ3v) is 5.12. The minimum absolute atomic E-state index is 0.0859. The van der Waals surface area contributed by atoms with Crippen LogP contribution in [0.4, 0.5) is 0 Å². The number of carbonyl (C=O) groups is 1. The molecule has 0 saturated carbocycles. The van der Waals surface area contributed by atoms with E-state index >= 15 is 0 Å². The first kappa shape index (κ1) is 20.4. The molecule has 0 bridgehead atoms. The molecule has 2 aromatic carbocycles. The summed E-state index contributed by atoms with van der Waals surface area (Å²) in [7, 11) is 1.62. The maximum absolute atomic E-state index is 12.7. The molecule has 5 nitrogen and oxygen atoms in total. The van der Waals surface area contributed by atoms with Crippen molar-refractivity contribution in [3.05, 3.63) is 65.7 Å². The van der Waals surface area contributed by atoms with Crippen LogP contribution < -0.4 is 4.74 Å². The Kier molecular flexibility index (Phi) is 7.88. The fourth-order valence-corrected chi connectivity index (χ4v) is 3.44. The number of ether oxygens (including phenoxy) is 2. The average Bonchev–Trinajstić information content (AvgIpc) is 2.77. The SMILES string of the molecule is COc1cccc(C(=O)N2CCN(CCCOCCc3ccccc3)CC2)c1. The normalized spacial score (nSPS) is 14.8. The molecule has 1 amide bonds. The Morgan fingerprint density at radius 2 is 1.75 bits per heavy atom. The second-order valence-electron chi connectivity index (χ2n) is 7.07. The van der Waals surface area contributed by atoms with Gasteiger partial charge in [0.2, 0.25) is 0 Å². The number of methoxy groups -OCH3 is 1. The van der Waals surface area contributed by atoms with Gasteiger partial charge in [0.1, 0.15) is 5.75 Å². The van der Waals surface area contributed by atoms with Crippen molar-refractivity contribution in [2.45, 2.75) is 12.8 Å². The molecule has 2 aromatic rings. The van der Waals surface area contributed by atoms with Gasteiger partial charge in [-0.2, -0.15) is 0 Å².